The summed E-state index contributed by atoms with van der Waals surface area (Å²) < 4.78 is 20.4. The molecular formula is C24H24FNO2. The minimum absolute atomic E-state index is 0.0936. The Morgan fingerprint density at radius 1 is 0.964 bits per heavy atom. The van der Waals surface area contributed by atoms with Crippen LogP contribution in [-0.2, 0) is 0 Å². The lowest BCUT2D eigenvalue weighted by Crippen LogP contribution is -2.10. The van der Waals surface area contributed by atoms with E-state index in [1.165, 1.54) is 6.07 Å². The number of phenols is 1. The second-order valence-electron chi connectivity index (χ2n) is 6.40. The van der Waals surface area contributed by atoms with E-state index in [2.05, 4.69) is 6.92 Å². The molecule has 0 aliphatic carbocycles. The summed E-state index contributed by atoms with van der Waals surface area (Å²) in [6, 6.07) is 21.8. The van der Waals surface area contributed by atoms with E-state index in [1.54, 1.807) is 6.07 Å². The Morgan fingerprint density at radius 2 is 1.68 bits per heavy atom. The molecule has 4 heteroatoms. The highest BCUT2D eigenvalue weighted by Crippen LogP contribution is 2.36. The van der Waals surface area contributed by atoms with Crippen molar-refractivity contribution in [2.75, 3.05) is 13.2 Å². The van der Waals surface area contributed by atoms with Crippen LogP contribution < -0.4 is 10.5 Å². The first-order valence-electron chi connectivity index (χ1n) is 9.34. The summed E-state index contributed by atoms with van der Waals surface area (Å²) in [4.78, 5) is 0. The first-order valence-corrected chi connectivity index (χ1v) is 9.34. The molecule has 0 aliphatic heterocycles. The molecule has 0 aliphatic rings. The second-order valence-corrected chi connectivity index (χ2v) is 6.40. The molecule has 28 heavy (non-hydrogen) atoms. The number of nitrogens with two attached hydrogens (primary N) is 1. The van der Waals surface area contributed by atoms with Crippen LogP contribution in [-0.4, -0.2) is 18.3 Å². The molecule has 0 saturated carbocycles. The largest absolute Gasteiger partial charge is 0.508 e. The predicted molar refractivity (Wildman–Crippen MR) is 112 cm³/mol. The molecule has 0 heterocycles. The lowest BCUT2D eigenvalue weighted by Gasteiger charge is -2.17. The van der Waals surface area contributed by atoms with E-state index in [4.69, 9.17) is 10.5 Å². The molecule has 0 aromatic heterocycles. The number of halogens is 1. The van der Waals surface area contributed by atoms with Gasteiger partial charge in [-0.1, -0.05) is 49.4 Å². The van der Waals surface area contributed by atoms with Gasteiger partial charge in [-0.3, -0.25) is 0 Å². The van der Waals surface area contributed by atoms with Gasteiger partial charge in [0.05, 0.1) is 0 Å². The van der Waals surface area contributed by atoms with Gasteiger partial charge in [0.2, 0.25) is 0 Å². The van der Waals surface area contributed by atoms with Crippen LogP contribution in [0.25, 0.3) is 11.1 Å². The summed E-state index contributed by atoms with van der Waals surface area (Å²) in [5, 5.41) is 9.64. The van der Waals surface area contributed by atoms with Gasteiger partial charge in [-0.25, -0.2) is 4.39 Å². The number of phenolic OH excluding ortho intramolecular Hbond substituents is 1. The molecule has 0 amide bonds. The normalized spacial score (nSPS) is 11.8. The van der Waals surface area contributed by atoms with Crippen LogP contribution in [0.3, 0.4) is 0 Å². The number of rotatable bonds is 7. The summed E-state index contributed by atoms with van der Waals surface area (Å²) in [5.41, 5.74) is 9.69. The molecule has 0 saturated heterocycles. The number of aromatic hydroxyl groups is 1. The van der Waals surface area contributed by atoms with E-state index in [1.807, 2.05) is 54.6 Å². The van der Waals surface area contributed by atoms with Crippen molar-refractivity contribution in [2.45, 2.75) is 13.3 Å². The number of ether oxygens (including phenoxy) is 1. The maximum Gasteiger partial charge on any atom is 0.134 e. The second kappa shape index (κ2) is 9.20. The molecule has 144 valence electrons. The Labute approximate surface area is 164 Å². The topological polar surface area (TPSA) is 55.5 Å². The minimum atomic E-state index is -0.458. The number of hydrogen-bond acceptors (Lipinski definition) is 3. The minimum Gasteiger partial charge on any atom is -0.508 e. The lowest BCUT2D eigenvalue weighted by molar-refractivity contribution is 0.328. The zero-order valence-corrected chi connectivity index (χ0v) is 15.9. The van der Waals surface area contributed by atoms with Gasteiger partial charge in [-0.05, 0) is 53.0 Å². The van der Waals surface area contributed by atoms with Crippen LogP contribution in [0.15, 0.2) is 72.8 Å². The highest BCUT2D eigenvalue weighted by Gasteiger charge is 2.17. The van der Waals surface area contributed by atoms with Gasteiger partial charge in [-0.15, -0.1) is 0 Å². The maximum absolute atomic E-state index is 14.8. The van der Waals surface area contributed by atoms with E-state index in [0.717, 1.165) is 40.5 Å². The number of benzene rings is 3. The fourth-order valence-electron chi connectivity index (χ4n) is 3.26. The van der Waals surface area contributed by atoms with Gasteiger partial charge in [0.25, 0.3) is 0 Å². The Kier molecular flexibility index (Phi) is 6.45. The van der Waals surface area contributed by atoms with Crippen molar-refractivity contribution in [1.29, 1.82) is 0 Å². The fourth-order valence-corrected chi connectivity index (χ4v) is 3.26. The molecule has 0 bridgehead atoms. The van der Waals surface area contributed by atoms with Gasteiger partial charge in [-0.2, -0.15) is 0 Å². The predicted octanol–water partition coefficient (Wildman–Crippen LogP) is 5.24. The van der Waals surface area contributed by atoms with Crippen molar-refractivity contribution in [3.05, 3.63) is 95.3 Å². The third kappa shape index (κ3) is 4.41. The van der Waals surface area contributed by atoms with E-state index < -0.39 is 5.82 Å². The smallest absolute Gasteiger partial charge is 0.134 e. The molecule has 3 aromatic rings. The molecule has 0 radical (unpaired) electrons. The van der Waals surface area contributed by atoms with Gasteiger partial charge in [0, 0.05) is 18.2 Å². The van der Waals surface area contributed by atoms with E-state index in [0.29, 0.717) is 18.7 Å². The van der Waals surface area contributed by atoms with Crippen LogP contribution in [0.4, 0.5) is 4.39 Å². The van der Waals surface area contributed by atoms with Crippen LogP contribution in [0.1, 0.15) is 30.0 Å². The van der Waals surface area contributed by atoms with Crippen LogP contribution in [0.2, 0.25) is 0 Å². The van der Waals surface area contributed by atoms with Crippen molar-refractivity contribution in [3.63, 3.8) is 0 Å². The summed E-state index contributed by atoms with van der Waals surface area (Å²) in [6.07, 6.45) is 0.727. The molecule has 0 spiro atoms. The highest BCUT2D eigenvalue weighted by atomic mass is 19.1. The monoisotopic (exact) mass is 377 g/mol. The quantitative estimate of drug-likeness (QED) is 0.554. The van der Waals surface area contributed by atoms with Gasteiger partial charge < -0.3 is 15.6 Å². The number of hydrogen-bond donors (Lipinski definition) is 2. The first-order chi connectivity index (χ1) is 13.6. The van der Waals surface area contributed by atoms with Crippen LogP contribution in [0.5, 0.6) is 11.5 Å². The average Bonchev–Trinajstić information content (AvgIpc) is 2.72. The Hall–Kier alpha value is -3.11. The Balaban J connectivity index is 2.18. The third-order valence-corrected chi connectivity index (χ3v) is 4.53. The van der Waals surface area contributed by atoms with E-state index in [-0.39, 0.29) is 5.75 Å². The van der Waals surface area contributed by atoms with Crippen molar-refractivity contribution in [2.24, 2.45) is 5.73 Å². The first kappa shape index (κ1) is 19.6. The SMILES string of the molecule is CC/C(=C(/c1ccc(OCCN)cc1)c1ccc(O)cc1F)c1ccccc1. The summed E-state index contributed by atoms with van der Waals surface area (Å²) in [6.45, 7) is 2.94. The van der Waals surface area contributed by atoms with Crippen LogP contribution >= 0.6 is 0 Å². The molecule has 3 aromatic carbocycles. The van der Waals surface area contributed by atoms with Gasteiger partial charge >= 0.3 is 0 Å². The molecule has 3 nitrogen and oxygen atoms in total. The van der Waals surface area contributed by atoms with Gasteiger partial charge in [0.1, 0.15) is 23.9 Å². The molecule has 3 N–H and O–H groups in total. The Bertz CT molecular complexity index is 950. The van der Waals surface area contributed by atoms with Crippen molar-refractivity contribution >= 4 is 11.1 Å². The van der Waals surface area contributed by atoms with E-state index >= 15 is 0 Å². The summed E-state index contributed by atoms with van der Waals surface area (Å²) in [5.74, 6) is 0.168. The summed E-state index contributed by atoms with van der Waals surface area (Å²) in [7, 11) is 0. The molecule has 0 unspecified atom stereocenters. The highest BCUT2D eigenvalue weighted by molar-refractivity contribution is 5.98. The van der Waals surface area contributed by atoms with Crippen molar-refractivity contribution in [3.8, 4) is 11.5 Å². The van der Waals surface area contributed by atoms with Crippen molar-refractivity contribution in [1.82, 2.24) is 0 Å². The average molecular weight is 377 g/mol. The fraction of sp³-hybridized carbons (Fsp3) is 0.167. The van der Waals surface area contributed by atoms with Crippen molar-refractivity contribution < 1.29 is 14.2 Å². The summed E-state index contributed by atoms with van der Waals surface area (Å²) >= 11 is 0. The molecule has 0 fully saturated rings. The van der Waals surface area contributed by atoms with E-state index in [9.17, 15) is 9.50 Å². The third-order valence-electron chi connectivity index (χ3n) is 4.53. The number of allylic oxidation sites excluding steroid dienone is 1. The maximum atomic E-state index is 14.8. The zero-order chi connectivity index (χ0) is 19.9. The van der Waals surface area contributed by atoms with Gasteiger partial charge in [0.15, 0.2) is 0 Å². The standard InChI is InChI=1S/C24H24FNO2/c1-2-21(17-6-4-3-5-7-17)24(22-13-10-19(27)16-23(22)25)18-8-11-20(12-9-18)28-15-14-26/h3-13,16,27H,2,14-15,26H2,1H3/b24-21+. The zero-order valence-electron chi connectivity index (χ0n) is 15.9. The molecular weight excluding hydrogens is 353 g/mol. The lowest BCUT2D eigenvalue weighted by atomic mass is 9.88. The molecule has 0 atom stereocenters. The van der Waals surface area contributed by atoms with Crippen LogP contribution in [0, 0.1) is 5.82 Å². The Morgan fingerprint density at radius 3 is 2.29 bits per heavy atom. The molecule has 3 rings (SSSR count).